The lowest BCUT2D eigenvalue weighted by Gasteiger charge is -2.12. The highest BCUT2D eigenvalue weighted by Gasteiger charge is 2.21. The minimum Gasteiger partial charge on any atom is -0.398 e. The minimum absolute atomic E-state index is 0.200. The summed E-state index contributed by atoms with van der Waals surface area (Å²) in [7, 11) is -1.93. The molecule has 0 aliphatic heterocycles. The van der Waals surface area contributed by atoms with Crippen LogP contribution in [0.5, 0.6) is 0 Å². The van der Waals surface area contributed by atoms with Crippen molar-refractivity contribution in [3.63, 3.8) is 0 Å². The average Bonchev–Trinajstić information content (AvgIpc) is 2.72. The van der Waals surface area contributed by atoms with Crippen molar-refractivity contribution in [1.29, 1.82) is 0 Å². The number of nitrogens with two attached hydrogens (primary N) is 1. The quantitative estimate of drug-likeness (QED) is 0.845. The fourth-order valence-electron chi connectivity index (χ4n) is 2.21. The third-order valence-electron chi connectivity index (χ3n) is 3.32. The van der Waals surface area contributed by atoms with Gasteiger partial charge < -0.3 is 5.73 Å². The molecule has 1 heterocycles. The zero-order valence-corrected chi connectivity index (χ0v) is 13.5. The Labute approximate surface area is 125 Å². The molecule has 1 aromatic heterocycles. The number of nitrogens with one attached hydrogen (secondary N) is 1. The van der Waals surface area contributed by atoms with Crippen LogP contribution in [-0.2, 0) is 23.5 Å². The summed E-state index contributed by atoms with van der Waals surface area (Å²) in [5.41, 5.74) is 8.90. The normalized spacial score (nSPS) is 11.6. The molecule has 1 aromatic carbocycles. The molecule has 21 heavy (non-hydrogen) atoms. The van der Waals surface area contributed by atoms with Crippen LogP contribution in [0.2, 0.25) is 0 Å². The van der Waals surface area contributed by atoms with Crippen molar-refractivity contribution in [1.82, 2.24) is 9.78 Å². The number of anilines is 2. The Bertz CT molecular complexity index is 779. The number of sulfonamides is 1. The molecule has 0 bridgehead atoms. The van der Waals surface area contributed by atoms with E-state index in [0.717, 1.165) is 5.56 Å². The second kappa shape index (κ2) is 5.40. The summed E-state index contributed by atoms with van der Waals surface area (Å²) in [5, 5.41) is 4.23. The fraction of sp³-hybridized carbons (Fsp3) is 0.357. The molecule has 0 amide bonds. The lowest BCUT2D eigenvalue weighted by atomic mass is 10.1. The highest BCUT2D eigenvalue weighted by Crippen LogP contribution is 2.26. The molecule has 0 aliphatic carbocycles. The Morgan fingerprint density at radius 3 is 2.62 bits per heavy atom. The third kappa shape index (κ3) is 3.02. The number of aromatic nitrogens is 2. The van der Waals surface area contributed by atoms with Crippen molar-refractivity contribution < 1.29 is 8.42 Å². The zero-order valence-electron chi connectivity index (χ0n) is 12.6. The van der Waals surface area contributed by atoms with Gasteiger partial charge in [0.25, 0.3) is 10.0 Å². The summed E-state index contributed by atoms with van der Waals surface area (Å²) in [6.45, 7) is 5.44. The maximum atomic E-state index is 12.6. The van der Waals surface area contributed by atoms with Crippen LogP contribution in [0.1, 0.15) is 23.7 Å². The Kier molecular flexibility index (Phi) is 3.95. The van der Waals surface area contributed by atoms with Crippen LogP contribution in [0.15, 0.2) is 23.2 Å². The van der Waals surface area contributed by atoms with E-state index in [1.807, 2.05) is 13.8 Å². The molecule has 114 valence electrons. The van der Waals surface area contributed by atoms with Crippen molar-refractivity contribution in [2.45, 2.75) is 32.1 Å². The minimum atomic E-state index is -3.69. The summed E-state index contributed by atoms with van der Waals surface area (Å²) in [6.07, 6.45) is 2.30. The summed E-state index contributed by atoms with van der Waals surface area (Å²) >= 11 is 0. The Hall–Kier alpha value is -2.02. The van der Waals surface area contributed by atoms with Crippen LogP contribution < -0.4 is 10.5 Å². The van der Waals surface area contributed by atoms with Crippen molar-refractivity contribution >= 4 is 21.4 Å². The average molecular weight is 308 g/mol. The van der Waals surface area contributed by atoms with E-state index in [0.29, 0.717) is 29.1 Å². The van der Waals surface area contributed by atoms with Crippen molar-refractivity contribution in [3.8, 4) is 0 Å². The Morgan fingerprint density at radius 2 is 2.00 bits per heavy atom. The molecule has 0 unspecified atom stereocenters. The highest BCUT2D eigenvalue weighted by molar-refractivity contribution is 7.92. The standard InChI is InChI=1S/C14H20N4O2S/c1-5-12-13(8-18(4)16-12)17-21(19,20)14-7-9(2)6-11(15)10(14)3/h6-8,17H,5,15H2,1-4H3. The van der Waals surface area contributed by atoms with Gasteiger partial charge in [0.05, 0.1) is 16.3 Å². The van der Waals surface area contributed by atoms with Crippen molar-refractivity contribution in [2.75, 3.05) is 10.5 Å². The van der Waals surface area contributed by atoms with Gasteiger partial charge in [0.15, 0.2) is 0 Å². The van der Waals surface area contributed by atoms with Gasteiger partial charge in [-0.2, -0.15) is 5.10 Å². The van der Waals surface area contributed by atoms with Gasteiger partial charge >= 0.3 is 0 Å². The lowest BCUT2D eigenvalue weighted by molar-refractivity contribution is 0.600. The van der Waals surface area contributed by atoms with Gasteiger partial charge in [0, 0.05) is 18.9 Å². The smallest absolute Gasteiger partial charge is 0.262 e. The van der Waals surface area contributed by atoms with E-state index in [2.05, 4.69) is 9.82 Å². The lowest BCUT2D eigenvalue weighted by Crippen LogP contribution is -2.16. The summed E-state index contributed by atoms with van der Waals surface area (Å²) in [5.74, 6) is 0. The third-order valence-corrected chi connectivity index (χ3v) is 4.81. The molecule has 2 rings (SSSR count). The predicted octanol–water partition coefficient (Wildman–Crippen LogP) is 1.98. The largest absolute Gasteiger partial charge is 0.398 e. The molecular weight excluding hydrogens is 288 g/mol. The molecule has 0 fully saturated rings. The molecule has 0 aliphatic rings. The van der Waals surface area contributed by atoms with Gasteiger partial charge in [0.1, 0.15) is 0 Å². The second-order valence-electron chi connectivity index (χ2n) is 5.10. The van der Waals surface area contributed by atoms with Crippen LogP contribution >= 0.6 is 0 Å². The zero-order chi connectivity index (χ0) is 15.8. The van der Waals surface area contributed by atoms with Crippen LogP contribution in [0.3, 0.4) is 0 Å². The first kappa shape index (κ1) is 15.4. The van der Waals surface area contributed by atoms with Crippen LogP contribution in [0.4, 0.5) is 11.4 Å². The molecule has 3 N–H and O–H groups in total. The topological polar surface area (TPSA) is 90.0 Å². The van der Waals surface area contributed by atoms with Gasteiger partial charge in [-0.15, -0.1) is 0 Å². The van der Waals surface area contributed by atoms with Gasteiger partial charge in [-0.05, 0) is 43.5 Å². The SMILES string of the molecule is CCc1nn(C)cc1NS(=O)(=O)c1cc(C)cc(N)c1C. The van der Waals surface area contributed by atoms with Gasteiger partial charge in [-0.1, -0.05) is 6.92 Å². The number of hydrogen-bond donors (Lipinski definition) is 2. The summed E-state index contributed by atoms with van der Waals surface area (Å²) in [4.78, 5) is 0.200. The molecule has 0 saturated carbocycles. The van der Waals surface area contributed by atoms with E-state index in [1.54, 1.807) is 37.0 Å². The van der Waals surface area contributed by atoms with Crippen LogP contribution in [0.25, 0.3) is 0 Å². The van der Waals surface area contributed by atoms with E-state index in [4.69, 9.17) is 5.73 Å². The van der Waals surface area contributed by atoms with Crippen LogP contribution in [-0.4, -0.2) is 18.2 Å². The number of rotatable bonds is 4. The van der Waals surface area contributed by atoms with E-state index in [-0.39, 0.29) is 4.90 Å². The van der Waals surface area contributed by atoms with E-state index in [1.165, 1.54) is 0 Å². The molecule has 0 atom stereocenters. The monoisotopic (exact) mass is 308 g/mol. The van der Waals surface area contributed by atoms with Gasteiger partial charge in [0.2, 0.25) is 0 Å². The number of nitrogen functional groups attached to an aromatic ring is 1. The van der Waals surface area contributed by atoms with E-state index in [9.17, 15) is 8.42 Å². The Balaban J connectivity index is 2.48. The molecule has 2 aromatic rings. The van der Waals surface area contributed by atoms with E-state index >= 15 is 0 Å². The summed E-state index contributed by atoms with van der Waals surface area (Å²) < 4.78 is 29.4. The Morgan fingerprint density at radius 1 is 1.33 bits per heavy atom. The molecule has 0 saturated heterocycles. The molecule has 0 radical (unpaired) electrons. The van der Waals surface area contributed by atoms with E-state index < -0.39 is 10.0 Å². The van der Waals surface area contributed by atoms with Crippen molar-refractivity contribution in [2.24, 2.45) is 7.05 Å². The molecule has 7 heteroatoms. The maximum absolute atomic E-state index is 12.6. The first-order valence-electron chi connectivity index (χ1n) is 6.66. The molecular formula is C14H20N4O2S. The first-order chi connectivity index (χ1) is 9.74. The molecule has 6 nitrogen and oxygen atoms in total. The van der Waals surface area contributed by atoms with Gasteiger partial charge in [-0.25, -0.2) is 8.42 Å². The highest BCUT2D eigenvalue weighted by atomic mass is 32.2. The van der Waals surface area contributed by atoms with Crippen LogP contribution in [0, 0.1) is 13.8 Å². The van der Waals surface area contributed by atoms with Gasteiger partial charge in [-0.3, -0.25) is 9.40 Å². The predicted molar refractivity (Wildman–Crippen MR) is 83.7 cm³/mol. The second-order valence-corrected chi connectivity index (χ2v) is 6.75. The number of nitrogens with zero attached hydrogens (tertiary/aromatic N) is 2. The molecule has 0 spiro atoms. The summed E-state index contributed by atoms with van der Waals surface area (Å²) in [6, 6.07) is 3.38. The number of hydrogen-bond acceptors (Lipinski definition) is 4. The van der Waals surface area contributed by atoms with Crippen molar-refractivity contribution in [3.05, 3.63) is 35.2 Å². The number of aryl methyl sites for hydroxylation is 3. The number of benzene rings is 1. The fourth-order valence-corrected chi connectivity index (χ4v) is 3.64. The first-order valence-corrected chi connectivity index (χ1v) is 8.15. The maximum Gasteiger partial charge on any atom is 0.262 e.